The van der Waals surface area contributed by atoms with Crippen LogP contribution in [0.2, 0.25) is 0 Å². The van der Waals surface area contributed by atoms with E-state index in [-0.39, 0.29) is 0 Å². The summed E-state index contributed by atoms with van der Waals surface area (Å²) in [5.41, 5.74) is 9.50. The quantitative estimate of drug-likeness (QED) is 0.375. The predicted molar refractivity (Wildman–Crippen MR) is 48.7 cm³/mol. The molecule has 0 aromatic rings. The molecule has 0 aliphatic rings. The second kappa shape index (κ2) is 5.90. The van der Waals surface area contributed by atoms with E-state index in [4.69, 9.17) is 21.7 Å². The van der Waals surface area contributed by atoms with Crippen molar-refractivity contribution in [3.63, 3.8) is 0 Å². The van der Waals surface area contributed by atoms with Gasteiger partial charge < -0.3 is 21.7 Å². The van der Waals surface area contributed by atoms with Gasteiger partial charge in [0.15, 0.2) is 0 Å². The highest BCUT2D eigenvalue weighted by atomic mass is 16.3. The van der Waals surface area contributed by atoms with Crippen molar-refractivity contribution in [3.05, 3.63) is 24.3 Å². The molecule has 0 heterocycles. The molecule has 0 aliphatic heterocycles. The number of rotatable bonds is 5. The molecule has 2 unspecified atom stereocenters. The van der Waals surface area contributed by atoms with Crippen LogP contribution >= 0.6 is 0 Å². The topological polar surface area (TPSA) is 127 Å². The van der Waals surface area contributed by atoms with Crippen LogP contribution in [0.1, 0.15) is 0 Å². The lowest BCUT2D eigenvalue weighted by Gasteiger charge is -2.08. The molecule has 0 bridgehead atoms. The standard InChI is InChI=1S/C8H12N2O4/c9-7(13)3-1-5(11)6(12)2-4-8(10)14/h1-6,11-12H,(H2,9,13)(H2,10,14). The number of carbonyl (C=O) groups excluding carboxylic acids is 2. The van der Waals surface area contributed by atoms with Crippen LogP contribution in [0.3, 0.4) is 0 Å². The number of hydrogen-bond acceptors (Lipinski definition) is 4. The summed E-state index contributed by atoms with van der Waals surface area (Å²) in [6.07, 6.45) is 1.23. The van der Waals surface area contributed by atoms with Gasteiger partial charge in [-0.1, -0.05) is 0 Å². The number of carbonyl (C=O) groups is 2. The molecule has 2 atom stereocenters. The van der Waals surface area contributed by atoms with E-state index in [0.29, 0.717) is 0 Å². The lowest BCUT2D eigenvalue weighted by Crippen LogP contribution is -2.23. The fraction of sp³-hybridized carbons (Fsp3) is 0.250. The molecule has 0 saturated heterocycles. The van der Waals surface area contributed by atoms with Gasteiger partial charge in [0.2, 0.25) is 11.8 Å². The Hall–Kier alpha value is -1.66. The Kier molecular flexibility index (Phi) is 5.20. The Morgan fingerprint density at radius 1 is 0.929 bits per heavy atom. The Morgan fingerprint density at radius 3 is 1.43 bits per heavy atom. The molecule has 0 radical (unpaired) electrons. The summed E-state index contributed by atoms with van der Waals surface area (Å²) >= 11 is 0. The predicted octanol–water partition coefficient (Wildman–Crippen LogP) is -2.21. The number of nitrogens with two attached hydrogens (primary N) is 2. The number of hydrogen-bond donors (Lipinski definition) is 4. The summed E-state index contributed by atoms with van der Waals surface area (Å²) in [4.78, 5) is 20.5. The number of aliphatic hydroxyl groups is 2. The molecule has 6 N–H and O–H groups in total. The monoisotopic (exact) mass is 200 g/mol. The summed E-state index contributed by atoms with van der Waals surface area (Å²) in [5.74, 6) is -1.48. The van der Waals surface area contributed by atoms with E-state index in [2.05, 4.69) is 0 Å². The van der Waals surface area contributed by atoms with Crippen LogP contribution in [-0.4, -0.2) is 34.2 Å². The van der Waals surface area contributed by atoms with Crippen LogP contribution in [-0.2, 0) is 9.59 Å². The van der Waals surface area contributed by atoms with Gasteiger partial charge in [0.05, 0.1) is 0 Å². The fourth-order valence-corrected chi connectivity index (χ4v) is 0.615. The zero-order chi connectivity index (χ0) is 11.1. The molecule has 6 heteroatoms. The summed E-state index contributed by atoms with van der Waals surface area (Å²) in [5, 5.41) is 18.3. The third-order valence-corrected chi connectivity index (χ3v) is 1.27. The second-order valence-corrected chi connectivity index (χ2v) is 2.50. The van der Waals surface area contributed by atoms with Gasteiger partial charge >= 0.3 is 0 Å². The summed E-state index contributed by atoms with van der Waals surface area (Å²) in [6, 6.07) is 0. The average molecular weight is 200 g/mol. The molecule has 0 aliphatic carbocycles. The van der Waals surface area contributed by atoms with Crippen LogP contribution in [0.4, 0.5) is 0 Å². The summed E-state index contributed by atoms with van der Waals surface area (Å²) in [6.45, 7) is 0. The van der Waals surface area contributed by atoms with E-state index in [1.165, 1.54) is 0 Å². The molecule has 78 valence electrons. The third-order valence-electron chi connectivity index (χ3n) is 1.27. The Labute approximate surface area is 80.5 Å². The minimum atomic E-state index is -1.31. The van der Waals surface area contributed by atoms with Gasteiger partial charge in [0.1, 0.15) is 12.2 Å². The first kappa shape index (κ1) is 12.3. The largest absolute Gasteiger partial charge is 0.386 e. The average Bonchev–Trinajstić information content (AvgIpc) is 2.09. The van der Waals surface area contributed by atoms with Crippen LogP contribution in [0.15, 0.2) is 24.3 Å². The molecule has 0 spiro atoms. The minimum absolute atomic E-state index is 0.741. The van der Waals surface area contributed by atoms with Crippen molar-refractivity contribution in [2.24, 2.45) is 11.5 Å². The van der Waals surface area contributed by atoms with Gasteiger partial charge in [0.25, 0.3) is 0 Å². The Bertz CT molecular complexity index is 245. The SMILES string of the molecule is NC(=O)C=CC(O)C(O)C=CC(N)=O. The fourth-order valence-electron chi connectivity index (χ4n) is 0.615. The molecule has 6 nitrogen and oxygen atoms in total. The molecular weight excluding hydrogens is 188 g/mol. The highest BCUT2D eigenvalue weighted by Crippen LogP contribution is 1.97. The summed E-state index contributed by atoms with van der Waals surface area (Å²) in [7, 11) is 0. The molecule has 0 aromatic heterocycles. The Morgan fingerprint density at radius 2 is 1.21 bits per heavy atom. The van der Waals surface area contributed by atoms with Gasteiger partial charge in [-0.05, 0) is 12.2 Å². The maximum absolute atomic E-state index is 10.2. The number of aliphatic hydroxyl groups excluding tert-OH is 2. The minimum Gasteiger partial charge on any atom is -0.386 e. The molecular formula is C8H12N2O4. The smallest absolute Gasteiger partial charge is 0.241 e. The van der Waals surface area contributed by atoms with Crippen molar-refractivity contribution in [2.45, 2.75) is 12.2 Å². The maximum Gasteiger partial charge on any atom is 0.241 e. The van der Waals surface area contributed by atoms with E-state index < -0.39 is 24.0 Å². The Balaban J connectivity index is 4.18. The molecule has 0 aromatic carbocycles. The first-order chi connectivity index (χ1) is 6.43. The highest BCUT2D eigenvalue weighted by Gasteiger charge is 2.09. The molecule has 0 rings (SSSR count). The number of amides is 2. The lowest BCUT2D eigenvalue weighted by atomic mass is 10.1. The number of primary amides is 2. The van der Waals surface area contributed by atoms with Crippen LogP contribution in [0, 0.1) is 0 Å². The third kappa shape index (κ3) is 5.92. The van der Waals surface area contributed by atoms with E-state index in [9.17, 15) is 9.59 Å². The van der Waals surface area contributed by atoms with Gasteiger partial charge in [-0.3, -0.25) is 9.59 Å². The van der Waals surface area contributed by atoms with E-state index >= 15 is 0 Å². The van der Waals surface area contributed by atoms with Gasteiger partial charge in [-0.25, -0.2) is 0 Å². The van der Waals surface area contributed by atoms with E-state index in [1.54, 1.807) is 0 Å². The van der Waals surface area contributed by atoms with Gasteiger partial charge in [0, 0.05) is 12.2 Å². The van der Waals surface area contributed by atoms with Crippen LogP contribution in [0.5, 0.6) is 0 Å². The summed E-state index contributed by atoms with van der Waals surface area (Å²) < 4.78 is 0. The normalized spacial score (nSPS) is 15.9. The van der Waals surface area contributed by atoms with Crippen molar-refractivity contribution < 1.29 is 19.8 Å². The molecule has 2 amide bonds. The van der Waals surface area contributed by atoms with Gasteiger partial charge in [-0.15, -0.1) is 0 Å². The zero-order valence-corrected chi connectivity index (χ0v) is 7.33. The van der Waals surface area contributed by atoms with Crippen molar-refractivity contribution in [1.29, 1.82) is 0 Å². The molecule has 0 fully saturated rings. The van der Waals surface area contributed by atoms with Crippen molar-refractivity contribution in [3.8, 4) is 0 Å². The molecule has 14 heavy (non-hydrogen) atoms. The van der Waals surface area contributed by atoms with Crippen LogP contribution < -0.4 is 11.5 Å². The first-order valence-electron chi connectivity index (χ1n) is 3.75. The second-order valence-electron chi connectivity index (χ2n) is 2.50. The highest BCUT2D eigenvalue weighted by molar-refractivity contribution is 5.86. The van der Waals surface area contributed by atoms with Crippen molar-refractivity contribution in [1.82, 2.24) is 0 Å². The van der Waals surface area contributed by atoms with E-state index in [1.807, 2.05) is 0 Å². The van der Waals surface area contributed by atoms with Crippen LogP contribution in [0.25, 0.3) is 0 Å². The maximum atomic E-state index is 10.2. The van der Waals surface area contributed by atoms with Crippen molar-refractivity contribution >= 4 is 11.8 Å². The van der Waals surface area contributed by atoms with Gasteiger partial charge in [-0.2, -0.15) is 0 Å². The lowest BCUT2D eigenvalue weighted by molar-refractivity contribution is -0.114. The first-order valence-corrected chi connectivity index (χ1v) is 3.75. The molecule has 0 saturated carbocycles. The van der Waals surface area contributed by atoms with E-state index in [0.717, 1.165) is 24.3 Å². The van der Waals surface area contributed by atoms with Crippen molar-refractivity contribution in [2.75, 3.05) is 0 Å². The zero-order valence-electron chi connectivity index (χ0n) is 7.33.